The van der Waals surface area contributed by atoms with E-state index in [0.29, 0.717) is 26.7 Å². The predicted octanol–water partition coefficient (Wildman–Crippen LogP) is 3.44. The molecule has 18 heavy (non-hydrogen) atoms. The summed E-state index contributed by atoms with van der Waals surface area (Å²) in [5, 5.41) is 7.06. The summed E-state index contributed by atoms with van der Waals surface area (Å²) in [4.78, 5) is 12.0. The summed E-state index contributed by atoms with van der Waals surface area (Å²) in [5.74, 6) is 0.269. The SMILES string of the molecule is CC(C(=O)Nc1cc(Cl)c(Cl)cc1Cl)C1CNC1. The molecule has 0 aliphatic carbocycles. The highest BCUT2D eigenvalue weighted by Crippen LogP contribution is 2.32. The van der Waals surface area contributed by atoms with E-state index >= 15 is 0 Å². The standard InChI is InChI=1S/C12H13Cl3N2O/c1-6(7-4-16-5-7)12(18)17-11-3-9(14)8(13)2-10(11)15/h2-3,6-7,16H,4-5H2,1H3,(H,17,18). The van der Waals surface area contributed by atoms with Gasteiger partial charge in [0.15, 0.2) is 0 Å². The van der Waals surface area contributed by atoms with Crippen molar-refractivity contribution in [2.24, 2.45) is 11.8 Å². The Labute approximate surface area is 121 Å². The van der Waals surface area contributed by atoms with Gasteiger partial charge in [0, 0.05) is 5.92 Å². The molecule has 1 amide bonds. The van der Waals surface area contributed by atoms with Gasteiger partial charge in [-0.2, -0.15) is 0 Å². The number of nitrogens with one attached hydrogen (secondary N) is 2. The Morgan fingerprint density at radius 2 is 1.89 bits per heavy atom. The number of hydrogen-bond donors (Lipinski definition) is 2. The van der Waals surface area contributed by atoms with Crippen LogP contribution in [0.25, 0.3) is 0 Å². The number of benzene rings is 1. The molecule has 0 saturated carbocycles. The second-order valence-corrected chi connectivity index (χ2v) is 5.66. The first kappa shape index (κ1) is 13.9. The number of amides is 1. The fourth-order valence-electron chi connectivity index (χ4n) is 1.74. The predicted molar refractivity (Wildman–Crippen MR) is 75.6 cm³/mol. The van der Waals surface area contributed by atoms with Crippen molar-refractivity contribution in [2.75, 3.05) is 18.4 Å². The normalized spacial score (nSPS) is 17.1. The van der Waals surface area contributed by atoms with Crippen LogP contribution in [0.1, 0.15) is 6.92 Å². The molecule has 1 aromatic rings. The van der Waals surface area contributed by atoms with Crippen molar-refractivity contribution in [2.45, 2.75) is 6.92 Å². The average molecular weight is 308 g/mol. The highest BCUT2D eigenvalue weighted by Gasteiger charge is 2.29. The molecular formula is C12H13Cl3N2O. The first-order valence-corrected chi connectivity index (χ1v) is 6.78. The summed E-state index contributed by atoms with van der Waals surface area (Å²) < 4.78 is 0. The van der Waals surface area contributed by atoms with E-state index in [1.807, 2.05) is 6.92 Å². The van der Waals surface area contributed by atoms with E-state index in [1.165, 1.54) is 6.07 Å². The van der Waals surface area contributed by atoms with Crippen LogP contribution in [0.2, 0.25) is 15.1 Å². The van der Waals surface area contributed by atoms with Crippen LogP contribution < -0.4 is 10.6 Å². The Morgan fingerprint density at radius 1 is 1.28 bits per heavy atom. The zero-order chi connectivity index (χ0) is 13.3. The van der Waals surface area contributed by atoms with Gasteiger partial charge in [-0.25, -0.2) is 0 Å². The molecule has 0 spiro atoms. The smallest absolute Gasteiger partial charge is 0.227 e. The van der Waals surface area contributed by atoms with E-state index in [4.69, 9.17) is 34.8 Å². The fourth-order valence-corrected chi connectivity index (χ4v) is 2.34. The molecule has 1 fully saturated rings. The van der Waals surface area contributed by atoms with Crippen molar-refractivity contribution in [1.29, 1.82) is 0 Å². The van der Waals surface area contributed by atoms with Gasteiger partial charge >= 0.3 is 0 Å². The molecule has 6 heteroatoms. The lowest BCUT2D eigenvalue weighted by molar-refractivity contribution is -0.121. The van der Waals surface area contributed by atoms with Crippen LogP contribution in [0.5, 0.6) is 0 Å². The number of hydrogen-bond acceptors (Lipinski definition) is 2. The quantitative estimate of drug-likeness (QED) is 0.840. The zero-order valence-corrected chi connectivity index (χ0v) is 12.0. The minimum Gasteiger partial charge on any atom is -0.324 e. The van der Waals surface area contributed by atoms with E-state index in [2.05, 4.69) is 10.6 Å². The lowest BCUT2D eigenvalue weighted by Gasteiger charge is -2.31. The molecule has 0 aromatic heterocycles. The summed E-state index contributed by atoms with van der Waals surface area (Å²) >= 11 is 17.7. The van der Waals surface area contributed by atoms with Crippen LogP contribution in [0, 0.1) is 11.8 Å². The van der Waals surface area contributed by atoms with E-state index in [-0.39, 0.29) is 11.8 Å². The van der Waals surface area contributed by atoms with E-state index in [9.17, 15) is 4.79 Å². The largest absolute Gasteiger partial charge is 0.324 e. The number of anilines is 1. The van der Waals surface area contributed by atoms with Gasteiger partial charge < -0.3 is 10.6 Å². The third-order valence-electron chi connectivity index (χ3n) is 3.20. The number of carbonyl (C=O) groups is 1. The minimum atomic E-state index is -0.0585. The van der Waals surface area contributed by atoms with Gasteiger partial charge in [-0.1, -0.05) is 41.7 Å². The molecule has 98 valence electrons. The molecule has 2 rings (SSSR count). The van der Waals surface area contributed by atoms with Gasteiger partial charge in [0.25, 0.3) is 0 Å². The van der Waals surface area contributed by atoms with Crippen molar-refractivity contribution in [3.63, 3.8) is 0 Å². The van der Waals surface area contributed by atoms with Gasteiger partial charge in [0.2, 0.25) is 5.91 Å². The first-order valence-electron chi connectivity index (χ1n) is 5.65. The maximum Gasteiger partial charge on any atom is 0.227 e. The van der Waals surface area contributed by atoms with Crippen LogP contribution in [0.3, 0.4) is 0 Å². The molecule has 1 aliphatic rings. The van der Waals surface area contributed by atoms with E-state index in [0.717, 1.165) is 13.1 Å². The summed E-state index contributed by atoms with van der Waals surface area (Å²) in [6.45, 7) is 3.67. The lowest BCUT2D eigenvalue weighted by Crippen LogP contribution is -2.48. The lowest BCUT2D eigenvalue weighted by atomic mass is 9.88. The second-order valence-electron chi connectivity index (χ2n) is 4.44. The van der Waals surface area contributed by atoms with Crippen LogP contribution in [0.4, 0.5) is 5.69 Å². The Hall–Kier alpha value is -0.480. The molecule has 1 saturated heterocycles. The first-order chi connectivity index (χ1) is 8.49. The molecule has 0 bridgehead atoms. The van der Waals surface area contributed by atoms with Crippen LogP contribution in [-0.4, -0.2) is 19.0 Å². The third-order valence-corrected chi connectivity index (χ3v) is 4.24. The Bertz CT molecular complexity index is 475. The topological polar surface area (TPSA) is 41.1 Å². The fraction of sp³-hybridized carbons (Fsp3) is 0.417. The molecule has 1 aromatic carbocycles. The van der Waals surface area contributed by atoms with Crippen molar-refractivity contribution in [3.8, 4) is 0 Å². The Balaban J connectivity index is 2.08. The summed E-state index contributed by atoms with van der Waals surface area (Å²) in [5.41, 5.74) is 0.496. The highest BCUT2D eigenvalue weighted by molar-refractivity contribution is 6.44. The maximum atomic E-state index is 12.0. The molecule has 1 aliphatic heterocycles. The summed E-state index contributed by atoms with van der Waals surface area (Å²) in [6.07, 6.45) is 0. The van der Waals surface area contributed by atoms with Gasteiger partial charge in [0.05, 0.1) is 20.8 Å². The number of rotatable bonds is 3. The molecular weight excluding hydrogens is 295 g/mol. The second kappa shape index (κ2) is 5.66. The maximum absolute atomic E-state index is 12.0. The zero-order valence-electron chi connectivity index (χ0n) is 9.77. The van der Waals surface area contributed by atoms with Crippen molar-refractivity contribution < 1.29 is 4.79 Å². The van der Waals surface area contributed by atoms with Crippen molar-refractivity contribution in [1.82, 2.24) is 5.32 Å². The van der Waals surface area contributed by atoms with Gasteiger partial charge in [0.1, 0.15) is 0 Å². The molecule has 1 atom stereocenters. The highest BCUT2D eigenvalue weighted by atomic mass is 35.5. The summed E-state index contributed by atoms with van der Waals surface area (Å²) in [6, 6.07) is 3.09. The van der Waals surface area contributed by atoms with Crippen LogP contribution in [-0.2, 0) is 4.79 Å². The van der Waals surface area contributed by atoms with Gasteiger partial charge in [-0.15, -0.1) is 0 Å². The number of carbonyl (C=O) groups excluding carboxylic acids is 1. The molecule has 1 heterocycles. The molecule has 3 nitrogen and oxygen atoms in total. The van der Waals surface area contributed by atoms with E-state index < -0.39 is 0 Å². The summed E-state index contributed by atoms with van der Waals surface area (Å²) in [7, 11) is 0. The molecule has 1 unspecified atom stereocenters. The third kappa shape index (κ3) is 2.91. The minimum absolute atomic E-state index is 0.0539. The van der Waals surface area contributed by atoms with Crippen LogP contribution in [0.15, 0.2) is 12.1 Å². The monoisotopic (exact) mass is 306 g/mol. The van der Waals surface area contributed by atoms with Crippen LogP contribution >= 0.6 is 34.8 Å². The van der Waals surface area contributed by atoms with E-state index in [1.54, 1.807) is 6.07 Å². The van der Waals surface area contributed by atoms with Crippen molar-refractivity contribution in [3.05, 3.63) is 27.2 Å². The molecule has 0 radical (unpaired) electrons. The Kier molecular flexibility index (Phi) is 4.38. The average Bonchev–Trinajstić information content (AvgIpc) is 2.23. The Morgan fingerprint density at radius 3 is 2.44 bits per heavy atom. The molecule has 2 N–H and O–H groups in total. The van der Waals surface area contributed by atoms with Crippen molar-refractivity contribution >= 4 is 46.4 Å². The number of halogens is 3. The van der Waals surface area contributed by atoms with Gasteiger partial charge in [-0.05, 0) is 31.1 Å². The van der Waals surface area contributed by atoms with Gasteiger partial charge in [-0.3, -0.25) is 4.79 Å².